The van der Waals surface area contributed by atoms with E-state index >= 15 is 0 Å². The van der Waals surface area contributed by atoms with E-state index in [2.05, 4.69) is 12.1 Å². The van der Waals surface area contributed by atoms with Gasteiger partial charge in [-0.05, 0) is 30.9 Å². The van der Waals surface area contributed by atoms with Gasteiger partial charge in [0, 0.05) is 6.42 Å². The Hall–Kier alpha value is -2.46. The Labute approximate surface area is 154 Å². The molecule has 3 rings (SSSR count). The fourth-order valence-electron chi connectivity index (χ4n) is 3.40. The van der Waals surface area contributed by atoms with Gasteiger partial charge >= 0.3 is 5.97 Å². The summed E-state index contributed by atoms with van der Waals surface area (Å²) in [6.07, 6.45) is 1.05. The largest absolute Gasteiger partial charge is 0.465 e. The molecule has 1 heterocycles. The van der Waals surface area contributed by atoms with E-state index in [0.717, 1.165) is 18.4 Å². The molecule has 0 amide bonds. The van der Waals surface area contributed by atoms with Crippen molar-refractivity contribution in [2.75, 3.05) is 6.61 Å². The molecule has 0 spiro atoms. The van der Waals surface area contributed by atoms with Crippen LogP contribution in [0.15, 0.2) is 60.7 Å². The van der Waals surface area contributed by atoms with Crippen LogP contribution >= 0.6 is 0 Å². The molecule has 1 aliphatic rings. The number of hydrogen-bond acceptors (Lipinski definition) is 4. The molecular weight excluding hydrogens is 328 g/mol. The molecular formula is C22H24O4. The minimum Gasteiger partial charge on any atom is -0.465 e. The highest BCUT2D eigenvalue weighted by Gasteiger charge is 2.43. The molecule has 0 aromatic heterocycles. The fraction of sp³-hybridized carbons (Fsp3) is 0.364. The second kappa shape index (κ2) is 8.77. The van der Waals surface area contributed by atoms with E-state index in [-0.39, 0.29) is 24.9 Å². The van der Waals surface area contributed by atoms with Crippen LogP contribution in [-0.2, 0) is 25.5 Å². The Morgan fingerprint density at radius 3 is 2.38 bits per heavy atom. The van der Waals surface area contributed by atoms with Crippen molar-refractivity contribution in [3.8, 4) is 0 Å². The number of ketones is 1. The summed E-state index contributed by atoms with van der Waals surface area (Å²) in [5, 5.41) is 0. The molecule has 0 unspecified atom stereocenters. The first-order chi connectivity index (χ1) is 12.7. The van der Waals surface area contributed by atoms with Gasteiger partial charge in [0.15, 0.2) is 5.78 Å². The van der Waals surface area contributed by atoms with Gasteiger partial charge in [0.1, 0.15) is 12.0 Å². The maximum Gasteiger partial charge on any atom is 0.319 e. The van der Waals surface area contributed by atoms with Crippen molar-refractivity contribution in [2.24, 2.45) is 5.92 Å². The zero-order valence-electron chi connectivity index (χ0n) is 15.0. The summed E-state index contributed by atoms with van der Waals surface area (Å²) >= 11 is 0. The van der Waals surface area contributed by atoms with E-state index < -0.39 is 18.0 Å². The van der Waals surface area contributed by atoms with Crippen LogP contribution in [0.4, 0.5) is 0 Å². The average molecular weight is 352 g/mol. The van der Waals surface area contributed by atoms with Crippen molar-refractivity contribution >= 4 is 11.8 Å². The van der Waals surface area contributed by atoms with E-state index in [1.165, 1.54) is 5.56 Å². The molecule has 4 nitrogen and oxygen atoms in total. The van der Waals surface area contributed by atoms with Crippen molar-refractivity contribution in [2.45, 2.75) is 38.4 Å². The monoisotopic (exact) mass is 352 g/mol. The van der Waals surface area contributed by atoms with E-state index in [1.54, 1.807) is 6.92 Å². The third kappa shape index (κ3) is 4.38. The summed E-state index contributed by atoms with van der Waals surface area (Å²) in [5.41, 5.74) is 2.05. The first-order valence-corrected chi connectivity index (χ1v) is 9.12. The van der Waals surface area contributed by atoms with E-state index in [0.29, 0.717) is 0 Å². The summed E-state index contributed by atoms with van der Waals surface area (Å²) in [7, 11) is 0. The zero-order chi connectivity index (χ0) is 18.4. The summed E-state index contributed by atoms with van der Waals surface area (Å²) in [6.45, 7) is 1.99. The molecule has 1 fully saturated rings. The molecule has 136 valence electrons. The summed E-state index contributed by atoms with van der Waals surface area (Å²) in [6, 6.07) is 19.6. The van der Waals surface area contributed by atoms with Crippen LogP contribution in [0, 0.1) is 5.92 Å². The van der Waals surface area contributed by atoms with Crippen LogP contribution in [0.1, 0.15) is 37.0 Å². The Balaban J connectivity index is 1.76. The number of benzene rings is 2. The number of hydrogen-bond donors (Lipinski definition) is 0. The normalized spacial score (nSPS) is 22.8. The Kier molecular flexibility index (Phi) is 6.18. The first kappa shape index (κ1) is 18.3. The minimum atomic E-state index is -0.884. The number of carbonyl (C=O) groups is 2. The molecule has 2 aromatic carbocycles. The molecule has 1 aliphatic heterocycles. The Morgan fingerprint density at radius 2 is 1.73 bits per heavy atom. The Morgan fingerprint density at radius 1 is 1.08 bits per heavy atom. The number of rotatable bonds is 6. The SMILES string of the molecule is CCOC(=O)[C@H]1C(=O)C[C@H](CCc2ccccc2)O[C@@H]1c1ccccc1. The van der Waals surface area contributed by atoms with Crippen LogP contribution in [0.5, 0.6) is 0 Å². The van der Waals surface area contributed by atoms with Crippen LogP contribution < -0.4 is 0 Å². The lowest BCUT2D eigenvalue weighted by Gasteiger charge is -2.34. The number of aryl methyl sites for hydroxylation is 1. The fourth-order valence-corrected chi connectivity index (χ4v) is 3.40. The number of Topliss-reactive ketones (excluding diaryl/α,β-unsaturated/α-hetero) is 1. The third-order valence-electron chi connectivity index (χ3n) is 4.68. The molecule has 0 N–H and O–H groups in total. The maximum atomic E-state index is 12.7. The van der Waals surface area contributed by atoms with Crippen molar-refractivity contribution < 1.29 is 19.1 Å². The highest BCUT2D eigenvalue weighted by atomic mass is 16.5. The average Bonchev–Trinajstić information content (AvgIpc) is 2.67. The van der Waals surface area contributed by atoms with Crippen LogP contribution in [0.25, 0.3) is 0 Å². The standard InChI is InChI=1S/C22H24O4/c1-2-25-22(24)20-19(23)15-18(14-13-16-9-5-3-6-10-16)26-21(20)17-11-7-4-8-12-17/h3-12,18,20-21H,2,13-15H2,1H3/t18-,20-,21+/m0/s1. The summed E-state index contributed by atoms with van der Waals surface area (Å²) in [4.78, 5) is 25.1. The Bertz CT molecular complexity index is 726. The van der Waals surface area contributed by atoms with Crippen molar-refractivity contribution in [3.05, 3.63) is 71.8 Å². The summed E-state index contributed by atoms with van der Waals surface area (Å²) < 4.78 is 11.4. The van der Waals surface area contributed by atoms with Gasteiger partial charge in [0.2, 0.25) is 0 Å². The lowest BCUT2D eigenvalue weighted by molar-refractivity contribution is -0.169. The highest BCUT2D eigenvalue weighted by Crippen LogP contribution is 2.36. The molecule has 3 atom stereocenters. The van der Waals surface area contributed by atoms with Crippen LogP contribution in [0.3, 0.4) is 0 Å². The molecule has 26 heavy (non-hydrogen) atoms. The lowest BCUT2D eigenvalue weighted by Crippen LogP contribution is -2.41. The van der Waals surface area contributed by atoms with Gasteiger partial charge in [-0.15, -0.1) is 0 Å². The quantitative estimate of drug-likeness (QED) is 0.584. The predicted octanol–water partition coefficient (Wildman–Crippen LogP) is 3.90. The second-order valence-electron chi connectivity index (χ2n) is 6.51. The predicted molar refractivity (Wildman–Crippen MR) is 98.6 cm³/mol. The number of esters is 1. The van der Waals surface area contributed by atoms with Gasteiger partial charge in [-0.1, -0.05) is 60.7 Å². The lowest BCUT2D eigenvalue weighted by atomic mass is 9.85. The van der Waals surface area contributed by atoms with Gasteiger partial charge < -0.3 is 9.47 Å². The van der Waals surface area contributed by atoms with Gasteiger partial charge in [-0.3, -0.25) is 9.59 Å². The molecule has 2 aromatic rings. The van der Waals surface area contributed by atoms with Crippen molar-refractivity contribution in [1.29, 1.82) is 0 Å². The smallest absolute Gasteiger partial charge is 0.319 e. The van der Waals surface area contributed by atoms with Crippen LogP contribution in [-0.4, -0.2) is 24.5 Å². The molecule has 4 heteroatoms. The zero-order valence-corrected chi connectivity index (χ0v) is 15.0. The van der Waals surface area contributed by atoms with E-state index in [1.807, 2.05) is 48.5 Å². The first-order valence-electron chi connectivity index (χ1n) is 9.12. The van der Waals surface area contributed by atoms with E-state index in [9.17, 15) is 9.59 Å². The van der Waals surface area contributed by atoms with Gasteiger partial charge in [-0.25, -0.2) is 0 Å². The number of ether oxygens (including phenoxy) is 2. The molecule has 0 saturated carbocycles. The number of carbonyl (C=O) groups excluding carboxylic acids is 2. The van der Waals surface area contributed by atoms with Crippen molar-refractivity contribution in [1.82, 2.24) is 0 Å². The minimum absolute atomic E-state index is 0.0957. The van der Waals surface area contributed by atoms with Gasteiger partial charge in [-0.2, -0.15) is 0 Å². The van der Waals surface area contributed by atoms with Crippen molar-refractivity contribution in [3.63, 3.8) is 0 Å². The molecule has 1 saturated heterocycles. The van der Waals surface area contributed by atoms with Gasteiger partial charge in [0.25, 0.3) is 0 Å². The maximum absolute atomic E-state index is 12.7. The summed E-state index contributed by atoms with van der Waals surface area (Å²) in [5.74, 6) is -1.47. The van der Waals surface area contributed by atoms with Crippen LogP contribution in [0.2, 0.25) is 0 Å². The molecule has 0 bridgehead atoms. The molecule has 0 aliphatic carbocycles. The topological polar surface area (TPSA) is 52.6 Å². The van der Waals surface area contributed by atoms with E-state index in [4.69, 9.17) is 9.47 Å². The van der Waals surface area contributed by atoms with Gasteiger partial charge in [0.05, 0.1) is 12.7 Å². The highest BCUT2D eigenvalue weighted by molar-refractivity contribution is 6.00. The molecule has 0 radical (unpaired) electrons. The third-order valence-corrected chi connectivity index (χ3v) is 4.68. The second-order valence-corrected chi connectivity index (χ2v) is 6.51.